The van der Waals surface area contributed by atoms with Gasteiger partial charge in [0.2, 0.25) is 5.91 Å². The Labute approximate surface area is 155 Å². The van der Waals surface area contributed by atoms with Gasteiger partial charge in [0.15, 0.2) is 0 Å². The molecule has 3 aromatic rings. The Kier molecular flexibility index (Phi) is 4.76. The number of anilines is 2. The van der Waals surface area contributed by atoms with E-state index in [1.165, 1.54) is 6.08 Å². The van der Waals surface area contributed by atoms with Gasteiger partial charge in [-0.25, -0.2) is 4.79 Å². The van der Waals surface area contributed by atoms with Crippen LogP contribution in [-0.2, 0) is 9.53 Å². The van der Waals surface area contributed by atoms with Gasteiger partial charge in [0, 0.05) is 19.2 Å². The third-order valence-corrected chi connectivity index (χ3v) is 4.47. The van der Waals surface area contributed by atoms with E-state index >= 15 is 0 Å². The maximum absolute atomic E-state index is 12.4. The van der Waals surface area contributed by atoms with Crippen LogP contribution in [0.25, 0.3) is 17.1 Å². The zero-order valence-corrected chi connectivity index (χ0v) is 14.7. The molecule has 138 valence electrons. The highest BCUT2D eigenvalue weighted by atomic mass is 16.5. The molecule has 1 aliphatic heterocycles. The maximum atomic E-state index is 12.4. The Morgan fingerprint density at radius 1 is 1.07 bits per heavy atom. The number of carbonyl (C=O) groups excluding carboxylic acids is 1. The summed E-state index contributed by atoms with van der Waals surface area (Å²) in [6.45, 7) is 2.71. The highest BCUT2D eigenvalue weighted by Crippen LogP contribution is 2.30. The summed E-state index contributed by atoms with van der Waals surface area (Å²) in [7, 11) is 0. The van der Waals surface area contributed by atoms with Gasteiger partial charge in [-0.2, -0.15) is 0 Å². The number of H-pyrrole nitrogens is 2. The first-order valence-corrected chi connectivity index (χ1v) is 8.82. The van der Waals surface area contributed by atoms with Crippen LogP contribution in [0.2, 0.25) is 0 Å². The second-order valence-corrected chi connectivity index (χ2v) is 6.33. The fourth-order valence-corrected chi connectivity index (χ4v) is 3.15. The Morgan fingerprint density at radius 2 is 1.78 bits per heavy atom. The van der Waals surface area contributed by atoms with Crippen molar-refractivity contribution < 1.29 is 9.53 Å². The van der Waals surface area contributed by atoms with Gasteiger partial charge < -0.3 is 24.9 Å². The molecule has 1 fully saturated rings. The van der Waals surface area contributed by atoms with E-state index in [-0.39, 0.29) is 11.6 Å². The lowest BCUT2D eigenvalue weighted by molar-refractivity contribution is -0.111. The molecule has 0 bridgehead atoms. The van der Waals surface area contributed by atoms with Gasteiger partial charge >= 0.3 is 5.69 Å². The van der Waals surface area contributed by atoms with Crippen LogP contribution < -0.4 is 15.9 Å². The number of imidazole rings is 1. The average molecular weight is 364 g/mol. The minimum atomic E-state index is -0.273. The zero-order valence-electron chi connectivity index (χ0n) is 14.7. The van der Waals surface area contributed by atoms with Crippen molar-refractivity contribution in [2.45, 2.75) is 0 Å². The number of rotatable bonds is 4. The number of hydrogen-bond acceptors (Lipinski definition) is 4. The molecular formula is C20H20N4O3. The lowest BCUT2D eigenvalue weighted by atomic mass is 10.2. The number of fused-ring (bicyclic) bond motifs is 1. The fourth-order valence-electron chi connectivity index (χ4n) is 3.15. The predicted octanol–water partition coefficient (Wildman–Crippen LogP) is 2.34. The number of benzene rings is 2. The van der Waals surface area contributed by atoms with Gasteiger partial charge in [0.1, 0.15) is 0 Å². The van der Waals surface area contributed by atoms with Crippen molar-refractivity contribution in [1.82, 2.24) is 9.97 Å². The second kappa shape index (κ2) is 7.51. The summed E-state index contributed by atoms with van der Waals surface area (Å²) in [5, 5.41) is 2.94. The number of nitrogens with zero attached hydrogens (tertiary/aromatic N) is 1. The van der Waals surface area contributed by atoms with E-state index in [9.17, 15) is 9.59 Å². The van der Waals surface area contributed by atoms with E-state index in [0.29, 0.717) is 29.9 Å². The molecule has 3 N–H and O–H groups in total. The molecule has 0 atom stereocenters. The van der Waals surface area contributed by atoms with Gasteiger partial charge in [-0.3, -0.25) is 4.79 Å². The molecule has 1 amide bonds. The van der Waals surface area contributed by atoms with Gasteiger partial charge in [0.25, 0.3) is 0 Å². The number of aromatic nitrogens is 2. The minimum absolute atomic E-state index is 0.231. The molecule has 0 saturated carbocycles. The van der Waals surface area contributed by atoms with Crippen molar-refractivity contribution in [2.24, 2.45) is 0 Å². The summed E-state index contributed by atoms with van der Waals surface area (Å²) in [4.78, 5) is 31.7. The first kappa shape index (κ1) is 17.1. The van der Waals surface area contributed by atoms with Crippen LogP contribution >= 0.6 is 0 Å². The van der Waals surface area contributed by atoms with Crippen LogP contribution in [0.3, 0.4) is 0 Å². The minimum Gasteiger partial charge on any atom is -0.378 e. The van der Waals surface area contributed by atoms with Gasteiger partial charge in [-0.05, 0) is 23.8 Å². The van der Waals surface area contributed by atoms with E-state index in [0.717, 1.165) is 24.3 Å². The summed E-state index contributed by atoms with van der Waals surface area (Å²) in [5.41, 5.74) is 3.56. The van der Waals surface area contributed by atoms with E-state index < -0.39 is 0 Å². The summed E-state index contributed by atoms with van der Waals surface area (Å²) < 4.78 is 5.42. The molecule has 1 saturated heterocycles. The number of hydrogen-bond donors (Lipinski definition) is 3. The molecule has 0 aliphatic carbocycles. The van der Waals surface area contributed by atoms with Crippen molar-refractivity contribution in [3.05, 3.63) is 64.6 Å². The SMILES string of the molecule is O=C(/C=C/c1ccccc1)Nc1cc2[nH]c(=O)[nH]c2cc1N1CCOCC1. The molecule has 1 aromatic heterocycles. The van der Waals surface area contributed by atoms with Crippen LogP contribution in [0.4, 0.5) is 11.4 Å². The number of morpholine rings is 1. The largest absolute Gasteiger partial charge is 0.378 e. The molecule has 4 rings (SSSR count). The number of ether oxygens (including phenoxy) is 1. The Balaban J connectivity index is 1.63. The van der Waals surface area contributed by atoms with Crippen molar-refractivity contribution in [3.8, 4) is 0 Å². The summed E-state index contributed by atoms with van der Waals surface area (Å²) in [5.74, 6) is -0.231. The third-order valence-electron chi connectivity index (χ3n) is 4.47. The predicted molar refractivity (Wildman–Crippen MR) is 106 cm³/mol. The topological polar surface area (TPSA) is 90.2 Å². The van der Waals surface area contributed by atoms with Crippen molar-refractivity contribution in [3.63, 3.8) is 0 Å². The van der Waals surface area contributed by atoms with Gasteiger partial charge in [0.05, 0.1) is 35.6 Å². The highest BCUT2D eigenvalue weighted by Gasteiger charge is 2.17. The molecule has 1 aliphatic rings. The molecular weight excluding hydrogens is 344 g/mol. The van der Waals surface area contributed by atoms with Crippen molar-refractivity contribution in [1.29, 1.82) is 0 Å². The van der Waals surface area contributed by atoms with Crippen LogP contribution in [0.5, 0.6) is 0 Å². The third kappa shape index (κ3) is 3.93. The van der Waals surface area contributed by atoms with Gasteiger partial charge in [-0.1, -0.05) is 30.3 Å². The fraction of sp³-hybridized carbons (Fsp3) is 0.200. The second-order valence-electron chi connectivity index (χ2n) is 6.33. The van der Waals surface area contributed by atoms with Crippen LogP contribution in [0, 0.1) is 0 Å². The summed E-state index contributed by atoms with van der Waals surface area (Å²) in [6.07, 6.45) is 3.27. The van der Waals surface area contributed by atoms with E-state index in [1.807, 2.05) is 36.4 Å². The number of aromatic amines is 2. The first-order chi connectivity index (χ1) is 13.2. The van der Waals surface area contributed by atoms with E-state index in [2.05, 4.69) is 20.2 Å². The molecule has 0 radical (unpaired) electrons. The molecule has 2 aromatic carbocycles. The molecule has 2 heterocycles. The summed E-state index contributed by atoms with van der Waals surface area (Å²) in [6, 6.07) is 13.3. The first-order valence-electron chi connectivity index (χ1n) is 8.82. The molecule has 7 nitrogen and oxygen atoms in total. The smallest absolute Gasteiger partial charge is 0.323 e. The quantitative estimate of drug-likeness (QED) is 0.620. The lowest BCUT2D eigenvalue weighted by Crippen LogP contribution is -2.36. The normalized spacial score (nSPS) is 14.7. The summed E-state index contributed by atoms with van der Waals surface area (Å²) >= 11 is 0. The monoisotopic (exact) mass is 364 g/mol. The van der Waals surface area contributed by atoms with Crippen molar-refractivity contribution >= 4 is 34.4 Å². The van der Waals surface area contributed by atoms with Gasteiger partial charge in [-0.15, -0.1) is 0 Å². The average Bonchev–Trinajstić information content (AvgIpc) is 3.06. The molecule has 0 unspecified atom stereocenters. The zero-order chi connectivity index (χ0) is 18.6. The maximum Gasteiger partial charge on any atom is 0.323 e. The van der Waals surface area contributed by atoms with Crippen LogP contribution in [0.1, 0.15) is 5.56 Å². The number of nitrogens with one attached hydrogen (secondary N) is 3. The number of amides is 1. The Morgan fingerprint density at radius 3 is 2.52 bits per heavy atom. The molecule has 7 heteroatoms. The molecule has 27 heavy (non-hydrogen) atoms. The van der Waals surface area contributed by atoms with Crippen molar-refractivity contribution in [2.75, 3.05) is 36.5 Å². The molecule has 0 spiro atoms. The van der Waals surface area contributed by atoms with Crippen LogP contribution in [-0.4, -0.2) is 42.2 Å². The van der Waals surface area contributed by atoms with E-state index in [1.54, 1.807) is 12.1 Å². The Bertz CT molecular complexity index is 1030. The van der Waals surface area contributed by atoms with E-state index in [4.69, 9.17) is 4.74 Å². The number of carbonyl (C=O) groups is 1. The highest BCUT2D eigenvalue weighted by molar-refractivity contribution is 6.05. The Hall–Kier alpha value is -3.32. The standard InChI is InChI=1S/C20H20N4O3/c25-19(7-6-14-4-2-1-3-5-14)21-17-12-15-16(23-20(26)22-15)13-18(17)24-8-10-27-11-9-24/h1-7,12-13H,8-11H2,(H,21,25)(H2,22,23,26)/b7-6+. The lowest BCUT2D eigenvalue weighted by Gasteiger charge is -2.30. The van der Waals surface area contributed by atoms with Crippen LogP contribution in [0.15, 0.2) is 53.3 Å².